The summed E-state index contributed by atoms with van der Waals surface area (Å²) in [7, 11) is 7.92. The lowest BCUT2D eigenvalue weighted by molar-refractivity contribution is 0.112. The Morgan fingerprint density at radius 3 is 1.58 bits per heavy atom. The fraction of sp³-hybridized carbons (Fsp3) is 0.148. The Kier molecular flexibility index (Phi) is 6.65. The molecule has 0 atom stereocenters. The van der Waals surface area contributed by atoms with Gasteiger partial charge in [-0.1, -0.05) is 23.7 Å². The summed E-state index contributed by atoms with van der Waals surface area (Å²) < 4.78 is 0. The molecule has 154 valence electrons. The zero-order valence-electron chi connectivity index (χ0n) is 18.1. The molecule has 0 aliphatic rings. The second-order valence-electron chi connectivity index (χ2n) is 7.46. The van der Waals surface area contributed by atoms with Crippen molar-refractivity contribution in [1.29, 1.82) is 0 Å². The molecule has 0 aromatic heterocycles. The molecule has 3 aromatic carbocycles. The Hall–Kier alpha value is -4.15. The molecule has 1 N–H and O–H groups in total. The number of anilines is 2. The number of carbonyl (C=O) groups is 1. The van der Waals surface area contributed by atoms with E-state index in [2.05, 4.69) is 23.7 Å². The first-order valence-electron chi connectivity index (χ1n) is 9.78. The summed E-state index contributed by atoms with van der Waals surface area (Å²) in [5.74, 6) is 12.0. The molecule has 0 amide bonds. The van der Waals surface area contributed by atoms with Crippen LogP contribution in [0.3, 0.4) is 0 Å². The number of hydrogen-bond acceptors (Lipinski definition) is 4. The third-order valence-corrected chi connectivity index (χ3v) is 4.73. The molecule has 3 rings (SSSR count). The Labute approximate surface area is 183 Å². The highest BCUT2D eigenvalue weighted by Crippen LogP contribution is 2.23. The smallest absolute Gasteiger partial charge is 0.153 e. The predicted octanol–water partition coefficient (Wildman–Crippen LogP) is 4.14. The van der Waals surface area contributed by atoms with Crippen LogP contribution in [0.25, 0.3) is 0 Å². The van der Waals surface area contributed by atoms with Crippen LogP contribution in [-0.2, 0) is 0 Å². The lowest BCUT2D eigenvalue weighted by atomic mass is 10.0. The van der Waals surface area contributed by atoms with E-state index in [1.807, 2.05) is 86.5 Å². The first-order chi connectivity index (χ1) is 14.9. The van der Waals surface area contributed by atoms with Gasteiger partial charge in [-0.15, -0.1) is 0 Å². The van der Waals surface area contributed by atoms with E-state index in [4.69, 9.17) is 0 Å². The second-order valence-corrected chi connectivity index (χ2v) is 7.46. The lowest BCUT2D eigenvalue weighted by Crippen LogP contribution is -2.07. The van der Waals surface area contributed by atoms with E-state index in [0.717, 1.165) is 22.5 Å². The fourth-order valence-corrected chi connectivity index (χ4v) is 2.88. The SMILES string of the molecule is CN(C)c1ccc(C#Cc2cc(C#Cc3ccc(N(C)C)cc3)c(O)c(C=O)c2)cc1. The van der Waals surface area contributed by atoms with Gasteiger partial charge < -0.3 is 14.9 Å². The van der Waals surface area contributed by atoms with Crippen molar-refractivity contribution in [1.82, 2.24) is 0 Å². The van der Waals surface area contributed by atoms with Crippen LogP contribution in [0, 0.1) is 23.7 Å². The molecule has 0 bridgehead atoms. The van der Waals surface area contributed by atoms with E-state index in [0.29, 0.717) is 17.4 Å². The third kappa shape index (κ3) is 5.47. The number of nitrogens with zero attached hydrogens (tertiary/aromatic N) is 2. The number of phenols is 1. The van der Waals surface area contributed by atoms with E-state index in [1.165, 1.54) is 0 Å². The van der Waals surface area contributed by atoms with Gasteiger partial charge in [-0.05, 0) is 60.7 Å². The van der Waals surface area contributed by atoms with Gasteiger partial charge in [0.15, 0.2) is 6.29 Å². The third-order valence-electron chi connectivity index (χ3n) is 4.73. The normalized spacial score (nSPS) is 9.68. The zero-order valence-corrected chi connectivity index (χ0v) is 18.1. The average Bonchev–Trinajstić information content (AvgIpc) is 2.78. The van der Waals surface area contributed by atoms with Gasteiger partial charge in [0.05, 0.1) is 11.1 Å². The molecule has 0 saturated carbocycles. The molecule has 0 radical (unpaired) electrons. The number of phenolic OH excluding ortho intramolecular Hbond substituents is 1. The molecule has 0 fully saturated rings. The van der Waals surface area contributed by atoms with Crippen LogP contribution in [0.4, 0.5) is 11.4 Å². The molecule has 0 unspecified atom stereocenters. The Morgan fingerprint density at radius 2 is 1.13 bits per heavy atom. The standard InChI is InChI=1S/C27H24N2O2/c1-28(2)25-13-8-20(9-14-25)5-6-22-17-23(27(31)24(18-22)19-30)12-7-21-10-15-26(16-11-21)29(3)4/h8-11,13-19,31H,1-4H3. The van der Waals surface area contributed by atoms with Crippen molar-refractivity contribution in [3.8, 4) is 29.4 Å². The maximum Gasteiger partial charge on any atom is 0.153 e. The summed E-state index contributed by atoms with van der Waals surface area (Å²) >= 11 is 0. The van der Waals surface area contributed by atoms with Gasteiger partial charge >= 0.3 is 0 Å². The quantitative estimate of drug-likeness (QED) is 0.523. The molecule has 0 spiro atoms. The van der Waals surface area contributed by atoms with Crippen molar-refractivity contribution < 1.29 is 9.90 Å². The van der Waals surface area contributed by atoms with Crippen LogP contribution in [-0.4, -0.2) is 39.6 Å². The first kappa shape index (κ1) is 21.6. The number of benzene rings is 3. The Balaban J connectivity index is 1.91. The highest BCUT2D eigenvalue weighted by atomic mass is 16.3. The van der Waals surface area contributed by atoms with Crippen LogP contribution in [0.15, 0.2) is 60.7 Å². The van der Waals surface area contributed by atoms with E-state index in [-0.39, 0.29) is 11.3 Å². The van der Waals surface area contributed by atoms with Crippen LogP contribution in [0.1, 0.15) is 32.6 Å². The van der Waals surface area contributed by atoms with Gasteiger partial charge in [0, 0.05) is 56.3 Å². The summed E-state index contributed by atoms with van der Waals surface area (Å²) in [5, 5.41) is 10.4. The van der Waals surface area contributed by atoms with Gasteiger partial charge in [0.25, 0.3) is 0 Å². The molecule has 31 heavy (non-hydrogen) atoms. The van der Waals surface area contributed by atoms with Crippen molar-refractivity contribution in [2.45, 2.75) is 0 Å². The van der Waals surface area contributed by atoms with Crippen LogP contribution in [0.2, 0.25) is 0 Å². The van der Waals surface area contributed by atoms with Crippen molar-refractivity contribution in [3.63, 3.8) is 0 Å². The molecule has 0 aliphatic carbocycles. The minimum absolute atomic E-state index is 0.131. The largest absolute Gasteiger partial charge is 0.506 e. The second kappa shape index (κ2) is 9.57. The van der Waals surface area contributed by atoms with Crippen LogP contribution < -0.4 is 9.80 Å². The minimum Gasteiger partial charge on any atom is -0.506 e. The Morgan fingerprint density at radius 1 is 0.677 bits per heavy atom. The first-order valence-corrected chi connectivity index (χ1v) is 9.78. The summed E-state index contributed by atoms with van der Waals surface area (Å²) in [5.41, 5.74) is 5.00. The number of aromatic hydroxyl groups is 1. The van der Waals surface area contributed by atoms with Crippen molar-refractivity contribution in [2.75, 3.05) is 38.0 Å². The highest BCUT2D eigenvalue weighted by molar-refractivity contribution is 5.82. The summed E-state index contributed by atoms with van der Waals surface area (Å²) in [4.78, 5) is 15.4. The zero-order chi connectivity index (χ0) is 22.4. The summed E-state index contributed by atoms with van der Waals surface area (Å²) in [6.07, 6.45) is 0.615. The van der Waals surface area contributed by atoms with Gasteiger partial charge in [-0.2, -0.15) is 0 Å². The molecular weight excluding hydrogens is 384 g/mol. The van der Waals surface area contributed by atoms with Gasteiger partial charge in [0.1, 0.15) is 5.75 Å². The van der Waals surface area contributed by atoms with Gasteiger partial charge in [0.2, 0.25) is 0 Å². The van der Waals surface area contributed by atoms with Crippen LogP contribution in [0.5, 0.6) is 5.75 Å². The summed E-state index contributed by atoms with van der Waals surface area (Å²) in [6, 6.07) is 18.9. The number of carbonyl (C=O) groups excluding carboxylic acids is 1. The van der Waals surface area contributed by atoms with E-state index < -0.39 is 0 Å². The van der Waals surface area contributed by atoms with E-state index in [9.17, 15) is 9.90 Å². The number of rotatable bonds is 3. The number of hydrogen-bond donors (Lipinski definition) is 1. The molecule has 0 aliphatic heterocycles. The maximum absolute atomic E-state index is 11.4. The summed E-state index contributed by atoms with van der Waals surface area (Å²) in [6.45, 7) is 0. The highest BCUT2D eigenvalue weighted by Gasteiger charge is 2.07. The molecule has 0 saturated heterocycles. The minimum atomic E-state index is -0.131. The van der Waals surface area contributed by atoms with Crippen molar-refractivity contribution in [2.24, 2.45) is 0 Å². The Bertz CT molecular complexity index is 1200. The predicted molar refractivity (Wildman–Crippen MR) is 127 cm³/mol. The van der Waals surface area contributed by atoms with E-state index >= 15 is 0 Å². The monoisotopic (exact) mass is 408 g/mol. The van der Waals surface area contributed by atoms with E-state index in [1.54, 1.807) is 12.1 Å². The molecular formula is C27H24N2O2. The van der Waals surface area contributed by atoms with Crippen molar-refractivity contribution >= 4 is 17.7 Å². The fourth-order valence-electron chi connectivity index (χ4n) is 2.88. The topological polar surface area (TPSA) is 43.8 Å². The maximum atomic E-state index is 11.4. The molecule has 4 heteroatoms. The van der Waals surface area contributed by atoms with Gasteiger partial charge in [-0.25, -0.2) is 0 Å². The van der Waals surface area contributed by atoms with Crippen LogP contribution >= 0.6 is 0 Å². The molecule has 4 nitrogen and oxygen atoms in total. The molecule has 3 aromatic rings. The lowest BCUT2D eigenvalue weighted by Gasteiger charge is -2.11. The van der Waals surface area contributed by atoms with Gasteiger partial charge in [-0.3, -0.25) is 4.79 Å². The number of aldehydes is 1. The van der Waals surface area contributed by atoms with Crippen molar-refractivity contribution in [3.05, 3.63) is 88.5 Å². The molecule has 0 heterocycles. The average molecular weight is 409 g/mol.